The lowest BCUT2D eigenvalue weighted by atomic mass is 9.93. The molecule has 1 unspecified atom stereocenters. The van der Waals surface area contributed by atoms with Gasteiger partial charge in [-0.15, -0.1) is 0 Å². The van der Waals surface area contributed by atoms with Crippen LogP contribution in [0.2, 0.25) is 0 Å². The van der Waals surface area contributed by atoms with Gasteiger partial charge in [0.05, 0.1) is 11.0 Å². The smallest absolute Gasteiger partial charge is 0.323 e. The van der Waals surface area contributed by atoms with Gasteiger partial charge in [0.15, 0.2) is 0 Å². The summed E-state index contributed by atoms with van der Waals surface area (Å²) < 4.78 is 0. The van der Waals surface area contributed by atoms with Crippen LogP contribution in [-0.4, -0.2) is 15.9 Å². The average molecular weight is 323 g/mol. The molecule has 0 aliphatic carbocycles. The van der Waals surface area contributed by atoms with E-state index in [1.54, 1.807) is 0 Å². The fraction of sp³-hybridized carbons (Fsp3) is 0.263. The van der Waals surface area contributed by atoms with E-state index in [9.17, 15) is 9.59 Å². The molecule has 0 fully saturated rings. The fourth-order valence-corrected chi connectivity index (χ4v) is 2.99. The van der Waals surface area contributed by atoms with Crippen LogP contribution in [0.5, 0.6) is 0 Å². The molecule has 0 saturated heterocycles. The monoisotopic (exact) mass is 323 g/mol. The van der Waals surface area contributed by atoms with Crippen molar-refractivity contribution >= 4 is 16.9 Å². The predicted octanol–water partition coefficient (Wildman–Crippen LogP) is 2.97. The van der Waals surface area contributed by atoms with Crippen molar-refractivity contribution in [3.63, 3.8) is 0 Å². The van der Waals surface area contributed by atoms with Crippen LogP contribution in [0.25, 0.3) is 11.0 Å². The van der Waals surface area contributed by atoms with Crippen molar-refractivity contribution in [2.75, 3.05) is 0 Å². The number of aromatic nitrogens is 2. The predicted molar refractivity (Wildman–Crippen MR) is 95.0 cm³/mol. The van der Waals surface area contributed by atoms with Crippen molar-refractivity contribution in [3.05, 3.63) is 69.6 Å². The molecule has 1 aromatic heterocycles. The minimum absolute atomic E-state index is 0.0217. The average Bonchev–Trinajstić information content (AvgIpc) is 2.92. The lowest BCUT2D eigenvalue weighted by molar-refractivity contribution is -0.121. The maximum atomic E-state index is 12.2. The van der Waals surface area contributed by atoms with E-state index >= 15 is 0 Å². The van der Waals surface area contributed by atoms with Gasteiger partial charge < -0.3 is 15.3 Å². The van der Waals surface area contributed by atoms with Gasteiger partial charge >= 0.3 is 5.69 Å². The highest BCUT2D eigenvalue weighted by Crippen LogP contribution is 2.22. The van der Waals surface area contributed by atoms with Crippen LogP contribution in [-0.2, 0) is 11.3 Å². The number of aryl methyl sites for hydroxylation is 1. The third-order valence-electron chi connectivity index (χ3n) is 4.28. The first-order valence-corrected chi connectivity index (χ1v) is 8.06. The second-order valence-electron chi connectivity index (χ2n) is 6.20. The van der Waals surface area contributed by atoms with E-state index in [0.29, 0.717) is 13.0 Å². The van der Waals surface area contributed by atoms with Gasteiger partial charge in [0.1, 0.15) is 0 Å². The molecule has 5 nitrogen and oxygen atoms in total. The number of hydrogen-bond acceptors (Lipinski definition) is 2. The first kappa shape index (κ1) is 16.1. The maximum Gasteiger partial charge on any atom is 0.323 e. The van der Waals surface area contributed by atoms with Crippen LogP contribution >= 0.6 is 0 Å². The molecule has 3 N–H and O–H groups in total. The molecular weight excluding hydrogens is 302 g/mol. The van der Waals surface area contributed by atoms with Crippen LogP contribution in [0.3, 0.4) is 0 Å². The first-order valence-electron chi connectivity index (χ1n) is 8.06. The minimum atomic E-state index is -0.224. The molecule has 0 saturated carbocycles. The summed E-state index contributed by atoms with van der Waals surface area (Å²) in [6.45, 7) is 4.58. The number of carbonyl (C=O) groups is 1. The van der Waals surface area contributed by atoms with Crippen molar-refractivity contribution < 1.29 is 4.79 Å². The molecule has 0 radical (unpaired) electrons. The number of rotatable bonds is 5. The van der Waals surface area contributed by atoms with Crippen molar-refractivity contribution in [1.29, 1.82) is 0 Å². The highest BCUT2D eigenvalue weighted by Gasteiger charge is 2.12. The number of amides is 1. The molecule has 3 rings (SSSR count). The standard InChI is InChI=1S/C19H21N3O2/c1-12-5-3-4-6-15(12)13(2)9-18(23)20-11-14-7-8-16-17(10-14)22-19(24)21-16/h3-8,10,13H,9,11H2,1-2H3,(H,20,23)(H2,21,22,24). The van der Waals surface area contributed by atoms with Crippen LogP contribution < -0.4 is 11.0 Å². The van der Waals surface area contributed by atoms with Gasteiger partial charge in [0, 0.05) is 13.0 Å². The summed E-state index contributed by atoms with van der Waals surface area (Å²) in [6, 6.07) is 13.8. The summed E-state index contributed by atoms with van der Waals surface area (Å²) in [5.74, 6) is 0.197. The Labute approximate surface area is 140 Å². The molecule has 0 aliphatic rings. The molecule has 24 heavy (non-hydrogen) atoms. The number of aromatic amines is 2. The maximum absolute atomic E-state index is 12.2. The molecule has 0 spiro atoms. The Kier molecular flexibility index (Phi) is 4.51. The summed E-state index contributed by atoms with van der Waals surface area (Å²) in [7, 11) is 0. The summed E-state index contributed by atoms with van der Waals surface area (Å²) in [5.41, 5.74) is 4.66. The normalized spacial score (nSPS) is 12.2. The van der Waals surface area contributed by atoms with E-state index in [2.05, 4.69) is 41.3 Å². The number of H-pyrrole nitrogens is 2. The lowest BCUT2D eigenvalue weighted by Crippen LogP contribution is -2.24. The molecule has 1 amide bonds. The van der Waals surface area contributed by atoms with Gasteiger partial charge in [-0.3, -0.25) is 4.79 Å². The summed E-state index contributed by atoms with van der Waals surface area (Å²) >= 11 is 0. The van der Waals surface area contributed by atoms with E-state index < -0.39 is 0 Å². The Balaban J connectivity index is 1.60. The quantitative estimate of drug-likeness (QED) is 0.675. The van der Waals surface area contributed by atoms with Crippen LogP contribution in [0.1, 0.15) is 36.0 Å². The Morgan fingerprint density at radius 1 is 1.12 bits per heavy atom. The molecule has 0 bridgehead atoms. The molecule has 1 heterocycles. The molecule has 2 aromatic carbocycles. The Bertz CT molecular complexity index is 924. The Morgan fingerprint density at radius 2 is 1.88 bits per heavy atom. The molecular formula is C19H21N3O2. The van der Waals surface area contributed by atoms with Crippen molar-refractivity contribution in [2.45, 2.75) is 32.7 Å². The van der Waals surface area contributed by atoms with Crippen LogP contribution in [0, 0.1) is 6.92 Å². The first-order chi connectivity index (χ1) is 11.5. The van der Waals surface area contributed by atoms with Crippen LogP contribution in [0.15, 0.2) is 47.3 Å². The highest BCUT2D eigenvalue weighted by atomic mass is 16.1. The number of carbonyl (C=O) groups excluding carboxylic acids is 1. The van der Waals surface area contributed by atoms with Gasteiger partial charge in [-0.05, 0) is 41.7 Å². The zero-order valence-corrected chi connectivity index (χ0v) is 13.8. The van der Waals surface area contributed by atoms with Crippen molar-refractivity contribution in [3.8, 4) is 0 Å². The largest absolute Gasteiger partial charge is 0.352 e. The van der Waals surface area contributed by atoms with Crippen molar-refractivity contribution in [2.24, 2.45) is 0 Å². The second kappa shape index (κ2) is 6.74. The SMILES string of the molecule is Cc1ccccc1C(C)CC(=O)NCc1ccc2[nH]c(=O)[nH]c2c1. The van der Waals surface area contributed by atoms with Gasteiger partial charge in [-0.25, -0.2) is 4.79 Å². The minimum Gasteiger partial charge on any atom is -0.352 e. The second-order valence-corrected chi connectivity index (χ2v) is 6.20. The van der Waals surface area contributed by atoms with Gasteiger partial charge in [0.25, 0.3) is 0 Å². The highest BCUT2D eigenvalue weighted by molar-refractivity contribution is 5.78. The van der Waals surface area contributed by atoms with E-state index in [4.69, 9.17) is 0 Å². The Hall–Kier alpha value is -2.82. The molecule has 5 heteroatoms. The number of hydrogen-bond donors (Lipinski definition) is 3. The van der Waals surface area contributed by atoms with Gasteiger partial charge in [0.2, 0.25) is 5.91 Å². The number of imidazole rings is 1. The summed E-state index contributed by atoms with van der Waals surface area (Å²) in [4.78, 5) is 28.9. The Morgan fingerprint density at radius 3 is 2.67 bits per heavy atom. The molecule has 1 atom stereocenters. The van der Waals surface area contributed by atoms with E-state index in [-0.39, 0.29) is 17.5 Å². The van der Waals surface area contributed by atoms with Gasteiger partial charge in [-0.1, -0.05) is 37.3 Å². The topological polar surface area (TPSA) is 77.8 Å². The van der Waals surface area contributed by atoms with Gasteiger partial charge in [-0.2, -0.15) is 0 Å². The molecule has 0 aliphatic heterocycles. The summed E-state index contributed by atoms with van der Waals surface area (Å²) in [5, 5.41) is 2.95. The molecule has 124 valence electrons. The van der Waals surface area contributed by atoms with E-state index in [1.807, 2.05) is 30.3 Å². The number of benzene rings is 2. The zero-order chi connectivity index (χ0) is 17.1. The number of fused-ring (bicyclic) bond motifs is 1. The zero-order valence-electron chi connectivity index (χ0n) is 13.8. The third kappa shape index (κ3) is 3.56. The summed E-state index contributed by atoms with van der Waals surface area (Å²) in [6.07, 6.45) is 0.452. The fourth-order valence-electron chi connectivity index (χ4n) is 2.99. The van der Waals surface area contributed by atoms with E-state index in [0.717, 1.165) is 16.6 Å². The number of nitrogens with one attached hydrogen (secondary N) is 3. The van der Waals surface area contributed by atoms with Crippen molar-refractivity contribution in [1.82, 2.24) is 15.3 Å². The van der Waals surface area contributed by atoms with Crippen LogP contribution in [0.4, 0.5) is 0 Å². The third-order valence-corrected chi connectivity index (χ3v) is 4.28. The van der Waals surface area contributed by atoms with E-state index in [1.165, 1.54) is 11.1 Å². The lowest BCUT2D eigenvalue weighted by Gasteiger charge is -2.14. The molecule has 3 aromatic rings.